The third-order valence-corrected chi connectivity index (χ3v) is 10.7. The zero-order chi connectivity index (χ0) is 50.2. The number of ether oxygens (including phenoxy) is 2. The van der Waals surface area contributed by atoms with Crippen LogP contribution in [-0.2, 0) is 33.5 Å². The first kappa shape index (κ1) is 51.9. The van der Waals surface area contributed by atoms with Crippen molar-refractivity contribution in [1.29, 1.82) is 0 Å². The molecular formula is C43H35Cl2F10N7O7. The fourth-order valence-corrected chi connectivity index (χ4v) is 6.86. The number of ketones is 1. The maximum Gasteiger partial charge on any atom is 0.471 e. The number of nitrogens with one attached hydrogen (secondary N) is 1. The van der Waals surface area contributed by atoms with Gasteiger partial charge in [0, 0.05) is 59.8 Å². The van der Waals surface area contributed by atoms with Crippen LogP contribution in [0.4, 0.5) is 64.9 Å². The number of morpholine rings is 2. The molecule has 2 aliphatic heterocycles. The number of hydrogen-bond acceptors (Lipinski definition) is 9. The average molecular weight is 1020 g/mol. The lowest BCUT2D eigenvalue weighted by Crippen LogP contribution is -2.48. The highest BCUT2D eigenvalue weighted by Crippen LogP contribution is 2.32. The Morgan fingerprint density at radius 3 is 1.52 bits per heavy atom. The summed E-state index contributed by atoms with van der Waals surface area (Å²) >= 11 is 11.7. The number of nitrogens with zero attached hydrogens (tertiary/aromatic N) is 6. The van der Waals surface area contributed by atoms with Gasteiger partial charge in [0.15, 0.2) is 5.78 Å². The smallest absolute Gasteiger partial charge is 0.413 e. The SMILES string of the molecule is O=C(CNC(=O)C(F)(F)F)c1ccc(CN(C(=O)N2CCOCC2)c2ccc(F)c(Cl)c2)c(F)c1.O=C(N1CCOCC1)N(Cc1ccc(-c2nnc(C(F)(F)F)o2)cc1F)c1ccc(F)c(Cl)c1. The Labute approximate surface area is 394 Å². The van der Waals surface area contributed by atoms with E-state index in [0.29, 0.717) is 39.5 Å². The lowest BCUT2D eigenvalue weighted by Gasteiger charge is -2.33. The zero-order valence-corrected chi connectivity index (χ0v) is 36.8. The molecular weight excluding hydrogens is 987 g/mol. The number of hydrogen-bond donors (Lipinski definition) is 1. The molecule has 0 atom stereocenters. The van der Waals surface area contributed by atoms with Crippen LogP contribution in [0.1, 0.15) is 27.4 Å². The summed E-state index contributed by atoms with van der Waals surface area (Å²) in [5, 5.41) is 7.18. The van der Waals surface area contributed by atoms with E-state index in [0.717, 1.165) is 30.3 Å². The molecule has 0 aliphatic carbocycles. The lowest BCUT2D eigenvalue weighted by molar-refractivity contribution is -0.173. The summed E-state index contributed by atoms with van der Waals surface area (Å²) in [6, 6.07) is 12.9. The van der Waals surface area contributed by atoms with E-state index in [1.165, 1.54) is 67.4 Å². The highest BCUT2D eigenvalue weighted by Gasteiger charge is 2.39. The van der Waals surface area contributed by atoms with E-state index in [-0.39, 0.29) is 69.9 Å². The minimum absolute atomic E-state index is 0.0251. The summed E-state index contributed by atoms with van der Waals surface area (Å²) in [7, 11) is 0. The summed E-state index contributed by atoms with van der Waals surface area (Å²) in [5.41, 5.74) is 0.106. The van der Waals surface area contributed by atoms with Crippen LogP contribution in [0, 0.1) is 23.3 Å². The number of anilines is 2. The van der Waals surface area contributed by atoms with Crippen LogP contribution in [0.25, 0.3) is 11.5 Å². The van der Waals surface area contributed by atoms with Crippen LogP contribution in [0.2, 0.25) is 10.0 Å². The number of amides is 5. The number of Topliss-reactive ketones (excluding diaryl/α,β-unsaturated/α-hetero) is 1. The monoisotopic (exact) mass is 1020 g/mol. The average Bonchev–Trinajstić information content (AvgIpc) is 3.84. The van der Waals surface area contributed by atoms with Crippen molar-refractivity contribution in [3.63, 3.8) is 0 Å². The molecule has 0 spiro atoms. The van der Waals surface area contributed by atoms with Crippen LogP contribution in [0.15, 0.2) is 77.2 Å². The summed E-state index contributed by atoms with van der Waals surface area (Å²) in [4.78, 5) is 54.7. The minimum atomic E-state index is -5.16. The van der Waals surface area contributed by atoms with Gasteiger partial charge in [0.05, 0.1) is 56.1 Å². The van der Waals surface area contributed by atoms with Gasteiger partial charge in [-0.15, -0.1) is 10.2 Å². The van der Waals surface area contributed by atoms with Gasteiger partial charge in [-0.05, 0) is 54.6 Å². The van der Waals surface area contributed by atoms with Gasteiger partial charge >= 0.3 is 36.2 Å². The zero-order valence-electron chi connectivity index (χ0n) is 35.3. The molecule has 1 aromatic heterocycles. The predicted octanol–water partition coefficient (Wildman–Crippen LogP) is 9.08. The van der Waals surface area contributed by atoms with Gasteiger partial charge in [0.2, 0.25) is 5.89 Å². The van der Waals surface area contributed by atoms with Gasteiger partial charge in [-0.1, -0.05) is 41.4 Å². The maximum atomic E-state index is 14.9. The normalized spacial score (nSPS) is 14.1. The van der Waals surface area contributed by atoms with E-state index < -0.39 is 77.7 Å². The first-order valence-corrected chi connectivity index (χ1v) is 20.9. The Bertz CT molecular complexity index is 2680. The maximum absolute atomic E-state index is 14.9. The quantitative estimate of drug-likeness (QED) is 0.107. The van der Waals surface area contributed by atoms with Crippen LogP contribution in [-0.4, -0.2) is 109 Å². The number of benzene rings is 4. The molecule has 0 unspecified atom stereocenters. The fourth-order valence-electron chi connectivity index (χ4n) is 6.51. The van der Waals surface area contributed by atoms with Crippen molar-refractivity contribution in [2.45, 2.75) is 25.4 Å². The van der Waals surface area contributed by atoms with Crippen molar-refractivity contribution in [3.05, 3.63) is 129 Å². The first-order valence-electron chi connectivity index (χ1n) is 20.1. The molecule has 2 aliphatic rings. The molecule has 4 aromatic carbocycles. The van der Waals surface area contributed by atoms with Crippen LogP contribution in [0.3, 0.4) is 0 Å². The fraction of sp³-hybridized carbons (Fsp3) is 0.302. The first-order chi connectivity index (χ1) is 32.6. The van der Waals surface area contributed by atoms with Gasteiger partial charge in [-0.3, -0.25) is 19.4 Å². The molecule has 5 amide bonds. The second-order valence-electron chi connectivity index (χ2n) is 14.8. The number of carbonyl (C=O) groups excluding carboxylic acids is 4. The predicted molar refractivity (Wildman–Crippen MR) is 225 cm³/mol. The molecule has 2 fully saturated rings. The van der Waals surface area contributed by atoms with E-state index in [4.69, 9.17) is 32.7 Å². The van der Waals surface area contributed by atoms with Crippen molar-refractivity contribution >= 4 is 58.3 Å². The number of urea groups is 2. The molecule has 69 heavy (non-hydrogen) atoms. The molecule has 0 radical (unpaired) electrons. The Kier molecular flexibility index (Phi) is 16.8. The second kappa shape index (κ2) is 22.3. The van der Waals surface area contributed by atoms with Gasteiger partial charge in [-0.25, -0.2) is 27.2 Å². The molecule has 14 nitrogen and oxygen atoms in total. The standard InChI is InChI=1S/C22H19ClF5N3O4.C21H16ClF5N4O3/c23-16-10-15(3-4-17(16)24)31(21(34)30-5-7-35-8-6-30)12-14-2-1-13(9-18(14)25)19(32)11-29-20(33)22(26,27)28;22-15-10-14(3-4-16(15)23)31(20(32)30-5-7-33-8-6-30)11-13-2-1-12(9-17(13)24)18-28-29-19(34-18)21(25,26)27/h1-4,9-10H,5-8,11-12H2,(H,29,33);1-4,9-10H,5-8,11H2. The molecule has 2 saturated heterocycles. The number of aromatic nitrogens is 2. The highest BCUT2D eigenvalue weighted by molar-refractivity contribution is 6.31. The summed E-state index contributed by atoms with van der Waals surface area (Å²) in [5.74, 6) is -8.42. The van der Waals surface area contributed by atoms with Crippen LogP contribution < -0.4 is 15.1 Å². The van der Waals surface area contributed by atoms with Crippen molar-refractivity contribution in [3.8, 4) is 11.5 Å². The van der Waals surface area contributed by atoms with Crippen molar-refractivity contribution in [2.24, 2.45) is 0 Å². The van der Waals surface area contributed by atoms with E-state index in [1.807, 2.05) is 0 Å². The summed E-state index contributed by atoms with van der Waals surface area (Å²) in [6.45, 7) is 0.897. The Morgan fingerprint density at radius 1 is 0.623 bits per heavy atom. The molecule has 1 N–H and O–H groups in total. The van der Waals surface area contributed by atoms with Crippen molar-refractivity contribution in [2.75, 3.05) is 69.0 Å². The third-order valence-electron chi connectivity index (χ3n) is 10.1. The third kappa shape index (κ3) is 13.4. The molecule has 5 aromatic rings. The minimum Gasteiger partial charge on any atom is -0.413 e. The summed E-state index contributed by atoms with van der Waals surface area (Å²) < 4.78 is 147. The highest BCUT2D eigenvalue weighted by atomic mass is 35.5. The van der Waals surface area contributed by atoms with Gasteiger partial charge in [0.25, 0.3) is 0 Å². The number of rotatable bonds is 10. The van der Waals surface area contributed by atoms with E-state index >= 15 is 0 Å². The van der Waals surface area contributed by atoms with Crippen molar-refractivity contribution < 1.29 is 77.0 Å². The molecule has 368 valence electrons. The molecule has 0 bridgehead atoms. The molecule has 26 heteroatoms. The van der Waals surface area contributed by atoms with E-state index in [9.17, 15) is 63.1 Å². The molecule has 3 heterocycles. The topological polar surface area (TPSA) is 151 Å². The number of alkyl halides is 6. The van der Waals surface area contributed by atoms with Gasteiger partial charge in [-0.2, -0.15) is 26.3 Å². The van der Waals surface area contributed by atoms with Crippen LogP contribution in [0.5, 0.6) is 0 Å². The van der Waals surface area contributed by atoms with E-state index in [1.54, 1.807) is 0 Å². The molecule has 7 rings (SSSR count). The van der Waals surface area contributed by atoms with Crippen molar-refractivity contribution in [1.82, 2.24) is 25.3 Å². The summed E-state index contributed by atoms with van der Waals surface area (Å²) in [6.07, 6.45) is -9.99. The van der Waals surface area contributed by atoms with Gasteiger partial charge < -0.3 is 29.0 Å². The largest absolute Gasteiger partial charge is 0.471 e. The number of halogens is 12. The van der Waals surface area contributed by atoms with E-state index in [2.05, 4.69) is 14.6 Å². The lowest BCUT2D eigenvalue weighted by atomic mass is 10.1. The van der Waals surface area contributed by atoms with Gasteiger partial charge in [0.1, 0.15) is 23.3 Å². The van der Waals surface area contributed by atoms with Crippen LogP contribution >= 0.6 is 23.2 Å². The molecule has 0 saturated carbocycles. The Morgan fingerprint density at radius 2 is 1.10 bits per heavy atom. The Hall–Kier alpha value is -6.50. The number of carbonyl (C=O) groups is 4. The Balaban J connectivity index is 0.000000227. The second-order valence-corrected chi connectivity index (χ2v) is 15.6.